The highest BCUT2D eigenvalue weighted by molar-refractivity contribution is 5.85. The molecular formula is C21H29Cl2FN6O2. The Morgan fingerprint density at radius 3 is 2.22 bits per heavy atom. The molecule has 1 fully saturated rings. The van der Waals surface area contributed by atoms with Gasteiger partial charge in [0.15, 0.2) is 11.2 Å². The summed E-state index contributed by atoms with van der Waals surface area (Å²) in [6.45, 7) is 5.04. The van der Waals surface area contributed by atoms with Crippen molar-refractivity contribution in [1.82, 2.24) is 23.6 Å². The molecular weight excluding hydrogens is 458 g/mol. The fourth-order valence-electron chi connectivity index (χ4n) is 4.08. The Hall–Kier alpha value is -2.36. The Balaban J connectivity index is 0.00000181. The van der Waals surface area contributed by atoms with Crippen LogP contribution in [-0.2, 0) is 20.6 Å². The van der Waals surface area contributed by atoms with Crippen LogP contribution in [-0.4, -0.2) is 56.3 Å². The van der Waals surface area contributed by atoms with Crippen molar-refractivity contribution in [1.29, 1.82) is 0 Å². The van der Waals surface area contributed by atoms with Crippen LogP contribution in [0.1, 0.15) is 12.8 Å². The van der Waals surface area contributed by atoms with E-state index < -0.39 is 0 Å². The van der Waals surface area contributed by atoms with Crippen LogP contribution in [0.4, 0.5) is 10.1 Å². The van der Waals surface area contributed by atoms with Crippen LogP contribution >= 0.6 is 24.8 Å². The number of hydrogen-bond acceptors (Lipinski definition) is 5. The molecule has 1 aliphatic heterocycles. The third-order valence-electron chi connectivity index (χ3n) is 5.87. The predicted octanol–water partition coefficient (Wildman–Crippen LogP) is 2.02. The van der Waals surface area contributed by atoms with Gasteiger partial charge in [-0.05, 0) is 43.7 Å². The summed E-state index contributed by atoms with van der Waals surface area (Å²) in [6, 6.07) is 6.64. The van der Waals surface area contributed by atoms with Crippen LogP contribution in [0.2, 0.25) is 0 Å². The van der Waals surface area contributed by atoms with Gasteiger partial charge in [0.25, 0.3) is 5.56 Å². The van der Waals surface area contributed by atoms with E-state index in [0.717, 1.165) is 51.3 Å². The molecule has 2 aromatic heterocycles. The molecule has 0 bridgehead atoms. The first-order valence-electron chi connectivity index (χ1n) is 10.3. The number of hydrogen-bond donors (Lipinski definition) is 0. The molecule has 176 valence electrons. The van der Waals surface area contributed by atoms with Crippen LogP contribution in [0.25, 0.3) is 11.2 Å². The quantitative estimate of drug-likeness (QED) is 0.498. The van der Waals surface area contributed by atoms with Gasteiger partial charge >= 0.3 is 5.69 Å². The maximum absolute atomic E-state index is 13.1. The SMILES string of the molecule is Cl.Cl.Cn1cnc2c1c(=O)n(CCCCN1CCN(c3ccc(F)cc3)CC1)c(=O)n2C. The zero-order valence-electron chi connectivity index (χ0n) is 18.2. The van der Waals surface area contributed by atoms with Gasteiger partial charge in [0.1, 0.15) is 5.82 Å². The summed E-state index contributed by atoms with van der Waals surface area (Å²) in [4.78, 5) is 34.1. The number of imidazole rings is 1. The number of piperazine rings is 1. The second-order valence-corrected chi connectivity index (χ2v) is 7.84. The molecule has 0 radical (unpaired) electrons. The van der Waals surface area contributed by atoms with E-state index in [2.05, 4.69) is 14.8 Å². The Labute approximate surface area is 198 Å². The topological polar surface area (TPSA) is 68.3 Å². The summed E-state index contributed by atoms with van der Waals surface area (Å²) in [5, 5.41) is 0. The lowest BCUT2D eigenvalue weighted by Crippen LogP contribution is -2.46. The van der Waals surface area contributed by atoms with Crippen LogP contribution in [0.3, 0.4) is 0 Å². The highest BCUT2D eigenvalue weighted by atomic mass is 35.5. The minimum atomic E-state index is -0.320. The third-order valence-corrected chi connectivity index (χ3v) is 5.87. The largest absolute Gasteiger partial charge is 0.369 e. The third kappa shape index (κ3) is 5.16. The van der Waals surface area contributed by atoms with E-state index in [4.69, 9.17) is 0 Å². The number of aryl methyl sites for hydroxylation is 2. The summed E-state index contributed by atoms with van der Waals surface area (Å²) in [7, 11) is 3.41. The van der Waals surface area contributed by atoms with Gasteiger partial charge in [0.2, 0.25) is 0 Å². The van der Waals surface area contributed by atoms with Crippen molar-refractivity contribution in [2.24, 2.45) is 14.1 Å². The molecule has 8 nitrogen and oxygen atoms in total. The maximum Gasteiger partial charge on any atom is 0.332 e. The normalized spacial score (nSPS) is 14.3. The summed E-state index contributed by atoms with van der Waals surface area (Å²) < 4.78 is 17.5. The number of rotatable bonds is 6. The van der Waals surface area contributed by atoms with E-state index in [9.17, 15) is 14.0 Å². The van der Waals surface area contributed by atoms with E-state index in [1.165, 1.54) is 21.3 Å². The van der Waals surface area contributed by atoms with Crippen molar-refractivity contribution in [3.63, 3.8) is 0 Å². The number of fused-ring (bicyclic) bond motifs is 1. The molecule has 1 aromatic carbocycles. The van der Waals surface area contributed by atoms with Gasteiger partial charge < -0.3 is 9.47 Å². The van der Waals surface area contributed by atoms with Gasteiger partial charge in [-0.25, -0.2) is 14.2 Å². The molecule has 0 atom stereocenters. The number of halogens is 3. The summed E-state index contributed by atoms with van der Waals surface area (Å²) in [6.07, 6.45) is 3.23. The predicted molar refractivity (Wildman–Crippen MR) is 129 cm³/mol. The molecule has 0 amide bonds. The van der Waals surface area contributed by atoms with Crippen LogP contribution < -0.4 is 16.1 Å². The fourth-order valence-corrected chi connectivity index (χ4v) is 4.08. The molecule has 0 unspecified atom stereocenters. The number of benzene rings is 1. The molecule has 1 aliphatic rings. The monoisotopic (exact) mass is 486 g/mol. The van der Waals surface area contributed by atoms with Crippen molar-refractivity contribution in [3.05, 3.63) is 57.2 Å². The van der Waals surface area contributed by atoms with Gasteiger partial charge in [0.05, 0.1) is 6.33 Å². The standard InChI is InChI=1S/C21H27FN6O2.2ClH/c1-24-15-23-19-18(24)20(29)28(21(30)25(19)2)10-4-3-9-26-11-13-27(14-12-26)17-7-5-16(22)6-8-17;;/h5-8,15H,3-4,9-14H2,1-2H3;2*1H. The van der Waals surface area contributed by atoms with E-state index in [1.54, 1.807) is 25.0 Å². The first-order chi connectivity index (χ1) is 14.5. The molecule has 0 saturated carbocycles. The molecule has 11 heteroatoms. The van der Waals surface area contributed by atoms with Gasteiger partial charge in [-0.15, -0.1) is 24.8 Å². The molecule has 3 heterocycles. The Morgan fingerprint density at radius 2 is 1.56 bits per heavy atom. The first kappa shape index (κ1) is 25.9. The van der Waals surface area contributed by atoms with Crippen molar-refractivity contribution >= 4 is 41.7 Å². The summed E-state index contributed by atoms with van der Waals surface area (Å²) >= 11 is 0. The zero-order chi connectivity index (χ0) is 21.3. The number of nitrogens with zero attached hydrogens (tertiary/aromatic N) is 6. The fraction of sp³-hybridized carbons (Fsp3) is 0.476. The van der Waals surface area contributed by atoms with Gasteiger partial charge in [0, 0.05) is 52.5 Å². The van der Waals surface area contributed by atoms with E-state index in [-0.39, 0.29) is 41.9 Å². The smallest absolute Gasteiger partial charge is 0.332 e. The van der Waals surface area contributed by atoms with Crippen molar-refractivity contribution in [2.75, 3.05) is 37.6 Å². The summed E-state index contributed by atoms with van der Waals surface area (Å²) in [5.41, 5.74) is 1.33. The molecule has 1 saturated heterocycles. The van der Waals surface area contributed by atoms with Crippen molar-refractivity contribution < 1.29 is 4.39 Å². The van der Waals surface area contributed by atoms with Crippen molar-refractivity contribution in [2.45, 2.75) is 19.4 Å². The number of aromatic nitrogens is 4. The highest BCUT2D eigenvalue weighted by Gasteiger charge is 2.18. The van der Waals surface area contributed by atoms with Crippen LogP contribution in [0, 0.1) is 5.82 Å². The van der Waals surface area contributed by atoms with E-state index in [0.29, 0.717) is 17.7 Å². The highest BCUT2D eigenvalue weighted by Crippen LogP contribution is 2.17. The zero-order valence-corrected chi connectivity index (χ0v) is 19.9. The van der Waals surface area contributed by atoms with E-state index in [1.807, 2.05) is 12.1 Å². The van der Waals surface area contributed by atoms with Gasteiger partial charge in [-0.2, -0.15) is 0 Å². The second-order valence-electron chi connectivity index (χ2n) is 7.84. The Morgan fingerprint density at radius 1 is 0.938 bits per heavy atom. The molecule has 4 rings (SSSR count). The van der Waals surface area contributed by atoms with Gasteiger partial charge in [-0.1, -0.05) is 0 Å². The molecule has 0 N–H and O–H groups in total. The maximum atomic E-state index is 13.1. The van der Waals surface area contributed by atoms with Crippen LogP contribution in [0.5, 0.6) is 0 Å². The number of anilines is 1. The lowest BCUT2D eigenvalue weighted by molar-refractivity contribution is 0.251. The van der Waals surface area contributed by atoms with Crippen LogP contribution in [0.15, 0.2) is 40.2 Å². The lowest BCUT2D eigenvalue weighted by atomic mass is 10.2. The molecule has 0 aliphatic carbocycles. The Bertz CT molecular complexity index is 1150. The molecule has 0 spiro atoms. The minimum Gasteiger partial charge on any atom is -0.369 e. The average Bonchev–Trinajstić information content (AvgIpc) is 3.14. The average molecular weight is 487 g/mol. The molecule has 32 heavy (non-hydrogen) atoms. The Kier molecular flexibility index (Phi) is 8.89. The lowest BCUT2D eigenvalue weighted by Gasteiger charge is -2.36. The molecule has 3 aromatic rings. The van der Waals surface area contributed by atoms with Crippen molar-refractivity contribution in [3.8, 4) is 0 Å². The van der Waals surface area contributed by atoms with E-state index >= 15 is 0 Å². The van der Waals surface area contributed by atoms with Gasteiger partial charge in [-0.3, -0.25) is 18.8 Å². The minimum absolute atomic E-state index is 0. The first-order valence-corrected chi connectivity index (χ1v) is 10.3. The summed E-state index contributed by atoms with van der Waals surface area (Å²) in [5.74, 6) is -0.214. The number of unbranched alkanes of at least 4 members (excludes halogenated alkanes) is 1. The second kappa shape index (κ2) is 11.0.